The lowest BCUT2D eigenvalue weighted by atomic mass is 10.2. The first kappa shape index (κ1) is 13.1. The second kappa shape index (κ2) is 4.70. The van der Waals surface area contributed by atoms with E-state index < -0.39 is 10.5 Å². The Balaban J connectivity index is 2.10. The summed E-state index contributed by atoms with van der Waals surface area (Å²) in [6.07, 6.45) is 2.71. The molecule has 4 rings (SSSR count). The van der Waals surface area contributed by atoms with Crippen molar-refractivity contribution in [3.05, 3.63) is 57.3 Å². The van der Waals surface area contributed by atoms with Gasteiger partial charge in [-0.3, -0.25) is 14.9 Å². The molecule has 0 aliphatic rings. The van der Waals surface area contributed by atoms with E-state index in [2.05, 4.69) is 24.9 Å². The van der Waals surface area contributed by atoms with Gasteiger partial charge in [0.05, 0.1) is 22.0 Å². The highest BCUT2D eigenvalue weighted by Crippen LogP contribution is 2.34. The van der Waals surface area contributed by atoms with E-state index >= 15 is 0 Å². The lowest BCUT2D eigenvalue weighted by Crippen LogP contribution is -2.13. The Kier molecular flexibility index (Phi) is 2.67. The molecular formula is C14H8N6O3. The summed E-state index contributed by atoms with van der Waals surface area (Å²) in [7, 11) is 0. The molecule has 4 aromatic rings. The maximum absolute atomic E-state index is 12.3. The van der Waals surface area contributed by atoms with Crippen molar-refractivity contribution in [1.82, 2.24) is 24.9 Å². The summed E-state index contributed by atoms with van der Waals surface area (Å²) >= 11 is 0. The first-order valence-corrected chi connectivity index (χ1v) is 6.60. The average molecular weight is 308 g/mol. The second-order valence-electron chi connectivity index (χ2n) is 4.82. The highest BCUT2D eigenvalue weighted by Gasteiger charge is 2.26. The standard InChI is InChI=1S/C14H8N6O3/c21-14-11(18-9-5-15-6-16-13(9)19-14)10-12(20(22)23)7-3-1-2-4-8(7)17-10/h1-6,17H,(H,15,16,19,21). The third-order valence-corrected chi connectivity index (χ3v) is 3.47. The summed E-state index contributed by atoms with van der Waals surface area (Å²) in [4.78, 5) is 40.6. The van der Waals surface area contributed by atoms with Crippen LogP contribution in [0.1, 0.15) is 0 Å². The third-order valence-electron chi connectivity index (χ3n) is 3.47. The molecule has 0 bridgehead atoms. The van der Waals surface area contributed by atoms with E-state index in [9.17, 15) is 14.9 Å². The van der Waals surface area contributed by atoms with Crippen LogP contribution in [-0.2, 0) is 0 Å². The minimum absolute atomic E-state index is 0.0585. The van der Waals surface area contributed by atoms with Gasteiger partial charge in [-0.05, 0) is 12.1 Å². The van der Waals surface area contributed by atoms with Crippen LogP contribution in [0.5, 0.6) is 0 Å². The minimum Gasteiger partial charge on any atom is -0.347 e. The number of hydrogen-bond acceptors (Lipinski definition) is 6. The number of benzene rings is 1. The number of rotatable bonds is 2. The molecule has 0 radical (unpaired) electrons. The molecule has 1 aromatic carbocycles. The fraction of sp³-hybridized carbons (Fsp3) is 0. The zero-order valence-electron chi connectivity index (χ0n) is 11.5. The van der Waals surface area contributed by atoms with Crippen molar-refractivity contribution in [1.29, 1.82) is 0 Å². The third kappa shape index (κ3) is 1.94. The lowest BCUT2D eigenvalue weighted by Gasteiger charge is -1.99. The molecule has 0 fully saturated rings. The smallest absolute Gasteiger partial charge is 0.304 e. The molecule has 9 heteroatoms. The van der Waals surface area contributed by atoms with Crippen LogP contribution in [0.3, 0.4) is 0 Å². The van der Waals surface area contributed by atoms with Crippen LogP contribution in [0.4, 0.5) is 5.69 Å². The van der Waals surface area contributed by atoms with Gasteiger partial charge in [0, 0.05) is 0 Å². The Morgan fingerprint density at radius 3 is 2.83 bits per heavy atom. The molecule has 0 spiro atoms. The molecule has 0 amide bonds. The molecular weight excluding hydrogens is 300 g/mol. The Morgan fingerprint density at radius 1 is 1.17 bits per heavy atom. The van der Waals surface area contributed by atoms with E-state index in [-0.39, 0.29) is 22.7 Å². The molecule has 0 aliphatic carbocycles. The normalized spacial score (nSPS) is 11.1. The van der Waals surface area contributed by atoms with Crippen molar-refractivity contribution in [2.75, 3.05) is 0 Å². The monoisotopic (exact) mass is 308 g/mol. The van der Waals surface area contributed by atoms with Crippen LogP contribution >= 0.6 is 0 Å². The summed E-state index contributed by atoms with van der Waals surface area (Å²) in [5, 5.41) is 11.9. The van der Waals surface area contributed by atoms with Gasteiger partial charge < -0.3 is 9.97 Å². The van der Waals surface area contributed by atoms with Crippen LogP contribution in [0.2, 0.25) is 0 Å². The van der Waals surface area contributed by atoms with E-state index in [1.165, 1.54) is 12.5 Å². The molecule has 3 heterocycles. The van der Waals surface area contributed by atoms with Gasteiger partial charge in [-0.25, -0.2) is 15.0 Å². The number of hydrogen-bond donors (Lipinski definition) is 2. The first-order valence-electron chi connectivity index (χ1n) is 6.60. The van der Waals surface area contributed by atoms with E-state index in [4.69, 9.17) is 0 Å². The van der Waals surface area contributed by atoms with Crippen molar-refractivity contribution in [3.8, 4) is 11.4 Å². The molecule has 0 atom stereocenters. The number of aromatic nitrogens is 5. The van der Waals surface area contributed by atoms with Crippen molar-refractivity contribution >= 4 is 27.8 Å². The minimum atomic E-state index is -0.564. The Morgan fingerprint density at radius 2 is 2.00 bits per heavy atom. The fourth-order valence-corrected chi connectivity index (χ4v) is 2.50. The van der Waals surface area contributed by atoms with Crippen LogP contribution in [0.25, 0.3) is 33.5 Å². The summed E-state index contributed by atoms with van der Waals surface area (Å²) in [6, 6.07) is 6.76. The van der Waals surface area contributed by atoms with Crippen molar-refractivity contribution in [2.24, 2.45) is 0 Å². The molecule has 112 valence electrons. The number of H-pyrrole nitrogens is 2. The van der Waals surface area contributed by atoms with E-state index in [1.807, 2.05) is 0 Å². The highest BCUT2D eigenvalue weighted by atomic mass is 16.6. The summed E-state index contributed by atoms with van der Waals surface area (Å²) in [5.41, 5.74) is 0.404. The zero-order chi connectivity index (χ0) is 16.0. The second-order valence-corrected chi connectivity index (χ2v) is 4.82. The van der Waals surface area contributed by atoms with Gasteiger partial charge in [0.25, 0.3) is 5.56 Å². The number of nitro groups is 1. The zero-order valence-corrected chi connectivity index (χ0v) is 11.5. The molecule has 23 heavy (non-hydrogen) atoms. The maximum atomic E-state index is 12.3. The van der Waals surface area contributed by atoms with Crippen molar-refractivity contribution in [2.45, 2.75) is 0 Å². The van der Waals surface area contributed by atoms with Gasteiger partial charge in [0.15, 0.2) is 11.3 Å². The van der Waals surface area contributed by atoms with Gasteiger partial charge in [0.2, 0.25) is 0 Å². The summed E-state index contributed by atoms with van der Waals surface area (Å²) in [5.74, 6) is 0. The molecule has 3 aromatic heterocycles. The number of para-hydroxylation sites is 1. The molecule has 0 unspecified atom stereocenters. The van der Waals surface area contributed by atoms with Crippen LogP contribution in [0, 0.1) is 10.1 Å². The van der Waals surface area contributed by atoms with Crippen molar-refractivity contribution in [3.63, 3.8) is 0 Å². The van der Waals surface area contributed by atoms with Gasteiger partial charge in [-0.15, -0.1) is 0 Å². The van der Waals surface area contributed by atoms with E-state index in [1.54, 1.807) is 24.3 Å². The predicted octanol–water partition coefficient (Wildman–Crippen LogP) is 1.77. The van der Waals surface area contributed by atoms with E-state index in [0.29, 0.717) is 16.4 Å². The summed E-state index contributed by atoms with van der Waals surface area (Å²) < 4.78 is 0. The molecule has 9 nitrogen and oxygen atoms in total. The summed E-state index contributed by atoms with van der Waals surface area (Å²) in [6.45, 7) is 0. The number of nitrogens with one attached hydrogen (secondary N) is 2. The topological polar surface area (TPSA) is 130 Å². The molecule has 0 saturated carbocycles. The van der Waals surface area contributed by atoms with Gasteiger partial charge in [-0.2, -0.15) is 0 Å². The maximum Gasteiger partial charge on any atom is 0.304 e. The van der Waals surface area contributed by atoms with Gasteiger partial charge >= 0.3 is 5.69 Å². The molecule has 0 aliphatic heterocycles. The van der Waals surface area contributed by atoms with Gasteiger partial charge in [-0.1, -0.05) is 12.1 Å². The Bertz CT molecular complexity index is 1130. The van der Waals surface area contributed by atoms with Crippen molar-refractivity contribution < 1.29 is 4.92 Å². The first-order chi connectivity index (χ1) is 11.1. The predicted molar refractivity (Wildman–Crippen MR) is 81.9 cm³/mol. The van der Waals surface area contributed by atoms with Gasteiger partial charge in [0.1, 0.15) is 17.5 Å². The number of aromatic amines is 2. The van der Waals surface area contributed by atoms with E-state index in [0.717, 1.165) is 0 Å². The quantitative estimate of drug-likeness (QED) is 0.428. The SMILES string of the molecule is O=c1[nH]c2ncncc2nc1-c1[nH]c2ccccc2c1[N+](=O)[O-]. The van der Waals surface area contributed by atoms with Crippen LogP contribution in [-0.4, -0.2) is 29.8 Å². The fourth-order valence-electron chi connectivity index (χ4n) is 2.50. The Hall–Kier alpha value is -3.62. The number of nitrogens with zero attached hydrogens (tertiary/aromatic N) is 4. The van der Waals surface area contributed by atoms with Crippen LogP contribution < -0.4 is 5.56 Å². The Labute approximate surface area is 127 Å². The van der Waals surface area contributed by atoms with Crippen LogP contribution in [0.15, 0.2) is 41.6 Å². The largest absolute Gasteiger partial charge is 0.347 e. The lowest BCUT2D eigenvalue weighted by molar-refractivity contribution is -0.382. The average Bonchev–Trinajstić information content (AvgIpc) is 2.93. The highest BCUT2D eigenvalue weighted by molar-refractivity contribution is 5.97. The molecule has 2 N–H and O–H groups in total. The number of fused-ring (bicyclic) bond motifs is 2. The molecule has 0 saturated heterocycles.